The summed E-state index contributed by atoms with van der Waals surface area (Å²) < 4.78 is -0.0607. The predicted molar refractivity (Wildman–Crippen MR) is 85.6 cm³/mol. The molecule has 0 unspecified atom stereocenters. The van der Waals surface area contributed by atoms with E-state index in [1.807, 2.05) is 6.92 Å². The largest absolute Gasteiger partial charge is 0.298 e. The molecular formula is C8H8Br6O. The van der Waals surface area contributed by atoms with Gasteiger partial charge in [0.2, 0.25) is 0 Å². The van der Waals surface area contributed by atoms with Crippen molar-refractivity contribution in [1.82, 2.24) is 0 Å². The maximum Gasteiger partial charge on any atom is 0.156 e. The molecule has 0 radical (unpaired) electrons. The third kappa shape index (κ3) is 2.62. The first-order chi connectivity index (χ1) is 6.74. The lowest BCUT2D eigenvalue weighted by molar-refractivity contribution is -0.127. The second kappa shape index (κ2) is 5.68. The lowest BCUT2D eigenvalue weighted by Gasteiger charge is -2.45. The minimum atomic E-state index is -0.493. The highest BCUT2D eigenvalue weighted by molar-refractivity contribution is 9.24. The normalized spacial score (nSPS) is 47.3. The van der Waals surface area contributed by atoms with Gasteiger partial charge in [-0.05, 0) is 6.92 Å². The molecule has 0 aromatic carbocycles. The minimum absolute atomic E-state index is 0.0550. The lowest BCUT2D eigenvalue weighted by Crippen LogP contribution is -2.58. The van der Waals surface area contributed by atoms with Crippen molar-refractivity contribution in [1.29, 1.82) is 0 Å². The summed E-state index contributed by atoms with van der Waals surface area (Å²) in [5, 5.41) is 0. The van der Waals surface area contributed by atoms with Crippen molar-refractivity contribution >= 4 is 101 Å². The van der Waals surface area contributed by atoms with Crippen LogP contribution in [0.5, 0.6) is 0 Å². The van der Waals surface area contributed by atoms with Gasteiger partial charge in [0, 0.05) is 14.5 Å². The molecule has 1 nitrogen and oxygen atoms in total. The third-order valence-corrected chi connectivity index (χ3v) is 11.4. The third-order valence-electron chi connectivity index (χ3n) is 2.67. The molecular weight excluding hydrogens is 592 g/mol. The number of halogens is 6. The van der Waals surface area contributed by atoms with Crippen LogP contribution in [0.25, 0.3) is 0 Å². The first kappa shape index (κ1) is 15.6. The molecule has 1 fully saturated rings. The van der Waals surface area contributed by atoms with Crippen LogP contribution >= 0.6 is 95.6 Å². The Morgan fingerprint density at radius 1 is 1.13 bits per heavy atom. The average molecular weight is 600 g/mol. The molecule has 0 aromatic rings. The Hall–Kier alpha value is 2.55. The van der Waals surface area contributed by atoms with Gasteiger partial charge in [-0.25, -0.2) is 0 Å². The number of carbonyl (C=O) groups excluding carboxylic acids is 1. The van der Waals surface area contributed by atoms with E-state index in [-0.39, 0.29) is 28.8 Å². The van der Waals surface area contributed by atoms with Crippen molar-refractivity contribution in [2.75, 3.05) is 0 Å². The second-order valence-corrected chi connectivity index (χ2v) is 10.8. The molecule has 0 N–H and O–H groups in total. The maximum absolute atomic E-state index is 12.3. The monoisotopic (exact) mass is 594 g/mol. The van der Waals surface area contributed by atoms with Crippen LogP contribution in [0.2, 0.25) is 0 Å². The van der Waals surface area contributed by atoms with Crippen LogP contribution in [-0.2, 0) is 4.79 Å². The molecule has 0 heterocycles. The molecule has 0 aromatic heterocycles. The maximum atomic E-state index is 12.3. The van der Waals surface area contributed by atoms with E-state index in [0.29, 0.717) is 0 Å². The van der Waals surface area contributed by atoms with Gasteiger partial charge in [0.25, 0.3) is 0 Å². The van der Waals surface area contributed by atoms with E-state index in [1.54, 1.807) is 0 Å². The van der Waals surface area contributed by atoms with E-state index < -0.39 is 5.41 Å². The smallest absolute Gasteiger partial charge is 0.156 e. The number of hydrogen-bond donors (Lipinski definition) is 0. The second-order valence-electron chi connectivity index (χ2n) is 3.64. The van der Waals surface area contributed by atoms with Crippen LogP contribution in [0, 0.1) is 5.41 Å². The summed E-state index contributed by atoms with van der Waals surface area (Å²) in [5.41, 5.74) is -0.493. The van der Waals surface area contributed by atoms with Crippen LogP contribution in [0.15, 0.2) is 0 Å². The van der Waals surface area contributed by atoms with Gasteiger partial charge in [-0.15, -0.1) is 0 Å². The zero-order chi connectivity index (χ0) is 12.0. The Morgan fingerprint density at radius 3 is 2.00 bits per heavy atom. The summed E-state index contributed by atoms with van der Waals surface area (Å²) in [6.07, 6.45) is 0. The summed E-state index contributed by atoms with van der Waals surface area (Å²) >= 11 is 21.1. The first-order valence-electron chi connectivity index (χ1n) is 4.13. The first-order valence-corrected chi connectivity index (χ1v) is 9.62. The molecule has 1 aliphatic carbocycles. The number of Topliss-reactive ketones (excluding diaryl/α,β-unsaturated/α-hetero) is 1. The molecule has 0 amide bonds. The van der Waals surface area contributed by atoms with E-state index in [2.05, 4.69) is 95.6 Å². The van der Waals surface area contributed by atoms with Gasteiger partial charge in [-0.2, -0.15) is 0 Å². The molecule has 0 aliphatic heterocycles. The Labute approximate surface area is 140 Å². The number of rotatable bonds is 1. The number of hydrogen-bond acceptors (Lipinski definition) is 1. The van der Waals surface area contributed by atoms with Crippen LogP contribution < -0.4 is 0 Å². The van der Waals surface area contributed by atoms with Gasteiger partial charge in [-0.3, -0.25) is 4.79 Å². The zero-order valence-electron chi connectivity index (χ0n) is 7.56. The summed E-state index contributed by atoms with van der Waals surface area (Å²) in [5.74, 6) is 0.181. The highest BCUT2D eigenvalue weighted by Gasteiger charge is 2.56. The molecule has 1 saturated carbocycles. The van der Waals surface area contributed by atoms with Crippen molar-refractivity contribution in [3.05, 3.63) is 0 Å². The van der Waals surface area contributed by atoms with E-state index in [1.165, 1.54) is 0 Å². The number of alkyl halides is 6. The van der Waals surface area contributed by atoms with Crippen LogP contribution in [0.3, 0.4) is 0 Å². The SMILES string of the molecule is C[C@@]1(C(Br)Br)C(=O)[C@@H](Br)[C@H](Br)[C@@H](Br)[C@@H]1Br. The van der Waals surface area contributed by atoms with Crippen molar-refractivity contribution in [3.8, 4) is 0 Å². The van der Waals surface area contributed by atoms with Gasteiger partial charge < -0.3 is 0 Å². The Balaban J connectivity index is 3.12. The average Bonchev–Trinajstić information content (AvgIpc) is 2.20. The van der Waals surface area contributed by atoms with Gasteiger partial charge in [0.15, 0.2) is 5.78 Å². The quantitative estimate of drug-likeness (QED) is 0.398. The molecule has 1 aliphatic rings. The van der Waals surface area contributed by atoms with E-state index in [9.17, 15) is 4.79 Å². The summed E-state index contributed by atoms with van der Waals surface area (Å²) in [7, 11) is 0. The number of carbonyl (C=O) groups is 1. The topological polar surface area (TPSA) is 17.1 Å². The standard InChI is InChI=1S/C8H8Br6O/c1-8(7(13)14)5(12)3(10)2(9)4(11)6(8)15/h2-5,7H,1H3/t2-,3-,4+,5+,8+/m1/s1. The van der Waals surface area contributed by atoms with Gasteiger partial charge in [0.1, 0.15) is 0 Å². The van der Waals surface area contributed by atoms with Crippen LogP contribution in [0.1, 0.15) is 6.92 Å². The van der Waals surface area contributed by atoms with Crippen molar-refractivity contribution in [3.63, 3.8) is 0 Å². The molecule has 0 saturated heterocycles. The van der Waals surface area contributed by atoms with Crippen molar-refractivity contribution < 1.29 is 4.79 Å². The van der Waals surface area contributed by atoms with E-state index in [4.69, 9.17) is 0 Å². The Kier molecular flexibility index (Phi) is 5.91. The van der Waals surface area contributed by atoms with Gasteiger partial charge in [0.05, 0.1) is 14.0 Å². The zero-order valence-corrected chi connectivity index (χ0v) is 17.1. The summed E-state index contributed by atoms with van der Waals surface area (Å²) in [6.45, 7) is 1.95. The van der Waals surface area contributed by atoms with E-state index in [0.717, 1.165) is 0 Å². The van der Waals surface area contributed by atoms with Crippen LogP contribution in [0.4, 0.5) is 0 Å². The van der Waals surface area contributed by atoms with Gasteiger partial charge >= 0.3 is 0 Å². The predicted octanol–water partition coefficient (Wildman–Crippen LogP) is 4.75. The Bertz CT molecular complexity index is 270. The van der Waals surface area contributed by atoms with E-state index >= 15 is 0 Å². The molecule has 5 atom stereocenters. The highest BCUT2D eigenvalue weighted by atomic mass is 79.9. The molecule has 0 bridgehead atoms. The van der Waals surface area contributed by atoms with Crippen LogP contribution in [-0.4, -0.2) is 28.8 Å². The molecule has 1 rings (SSSR count). The fraction of sp³-hybridized carbons (Fsp3) is 0.875. The Morgan fingerprint density at radius 2 is 1.60 bits per heavy atom. The summed E-state index contributed by atoms with van der Waals surface area (Å²) in [6, 6.07) is 0. The van der Waals surface area contributed by atoms with Crippen molar-refractivity contribution in [2.24, 2.45) is 5.41 Å². The lowest BCUT2D eigenvalue weighted by atomic mass is 9.76. The molecule has 15 heavy (non-hydrogen) atoms. The molecule has 0 spiro atoms. The number of ketones is 1. The minimum Gasteiger partial charge on any atom is -0.298 e. The van der Waals surface area contributed by atoms with Gasteiger partial charge in [-0.1, -0.05) is 95.6 Å². The van der Waals surface area contributed by atoms with Crippen molar-refractivity contribution in [2.45, 2.75) is 30.0 Å². The fourth-order valence-electron chi connectivity index (χ4n) is 1.46. The summed E-state index contributed by atoms with van der Waals surface area (Å²) in [4.78, 5) is 12.4. The highest BCUT2D eigenvalue weighted by Crippen LogP contribution is 2.51. The molecule has 88 valence electrons. The fourth-order valence-corrected chi connectivity index (χ4v) is 7.05. The molecule has 7 heteroatoms.